The van der Waals surface area contributed by atoms with E-state index in [4.69, 9.17) is 22.1 Å². The molecule has 0 saturated carbocycles. The summed E-state index contributed by atoms with van der Waals surface area (Å²) in [6.45, 7) is 5.08. The Morgan fingerprint density at radius 1 is 1.10 bits per heavy atom. The van der Waals surface area contributed by atoms with E-state index < -0.39 is 17.8 Å². The molecule has 0 aromatic heterocycles. The summed E-state index contributed by atoms with van der Waals surface area (Å²) >= 11 is 5.96. The Bertz CT molecular complexity index is 930. The molecular formula is C20H22ClFN4O3. The summed E-state index contributed by atoms with van der Waals surface area (Å²) in [5.74, 6) is -1.09. The highest BCUT2D eigenvalue weighted by Gasteiger charge is 2.24. The zero-order chi connectivity index (χ0) is 21.1. The maximum atomic E-state index is 14.6. The van der Waals surface area contributed by atoms with Crippen molar-refractivity contribution in [2.75, 3.05) is 28.6 Å². The van der Waals surface area contributed by atoms with E-state index in [9.17, 15) is 14.0 Å². The van der Waals surface area contributed by atoms with Crippen molar-refractivity contribution in [2.24, 2.45) is 5.73 Å². The van der Waals surface area contributed by atoms with Gasteiger partial charge in [0.15, 0.2) is 0 Å². The molecule has 3 amide bonds. The lowest BCUT2D eigenvalue weighted by molar-refractivity contribution is -0.00539. The summed E-state index contributed by atoms with van der Waals surface area (Å²) in [6, 6.07) is 8.28. The lowest BCUT2D eigenvalue weighted by atomic mass is 10.2. The summed E-state index contributed by atoms with van der Waals surface area (Å²) in [4.78, 5) is 25.3. The molecule has 2 atom stereocenters. The molecule has 1 heterocycles. The number of carbonyl (C=O) groups is 2. The summed E-state index contributed by atoms with van der Waals surface area (Å²) in [7, 11) is 0. The molecule has 2 aromatic rings. The number of morpholine rings is 1. The normalized spacial score (nSPS) is 19.0. The minimum Gasteiger partial charge on any atom is -0.372 e. The Labute approximate surface area is 173 Å². The molecule has 0 spiro atoms. The number of urea groups is 1. The highest BCUT2D eigenvalue weighted by Crippen LogP contribution is 2.26. The van der Waals surface area contributed by atoms with E-state index in [1.165, 1.54) is 24.3 Å². The van der Waals surface area contributed by atoms with Gasteiger partial charge >= 0.3 is 6.03 Å². The van der Waals surface area contributed by atoms with Gasteiger partial charge in [-0.15, -0.1) is 0 Å². The van der Waals surface area contributed by atoms with E-state index in [1.807, 2.05) is 18.7 Å². The van der Waals surface area contributed by atoms with Crippen molar-refractivity contribution < 1.29 is 18.7 Å². The average Bonchev–Trinajstić information content (AvgIpc) is 2.60. The lowest BCUT2D eigenvalue weighted by Crippen LogP contribution is -2.45. The lowest BCUT2D eigenvalue weighted by Gasteiger charge is -2.37. The van der Waals surface area contributed by atoms with Crippen LogP contribution in [0, 0.1) is 5.82 Å². The fourth-order valence-corrected chi connectivity index (χ4v) is 3.58. The minimum absolute atomic E-state index is 0.00880. The average molecular weight is 421 g/mol. The first kappa shape index (κ1) is 20.9. The number of carbonyl (C=O) groups excluding carboxylic acids is 2. The maximum absolute atomic E-state index is 14.6. The van der Waals surface area contributed by atoms with E-state index in [0.717, 1.165) is 0 Å². The predicted octanol–water partition coefficient (Wildman–Crippen LogP) is 3.84. The summed E-state index contributed by atoms with van der Waals surface area (Å²) in [5, 5.41) is 5.26. The number of nitrogens with one attached hydrogen (secondary N) is 2. The van der Waals surface area contributed by atoms with Crippen LogP contribution in [-0.2, 0) is 4.74 Å². The molecule has 1 aliphatic heterocycles. The molecule has 1 aliphatic rings. The van der Waals surface area contributed by atoms with Crippen molar-refractivity contribution in [2.45, 2.75) is 26.1 Å². The highest BCUT2D eigenvalue weighted by molar-refractivity contribution is 6.34. The number of nitrogens with zero attached hydrogens (tertiary/aromatic N) is 1. The second-order valence-electron chi connectivity index (χ2n) is 6.97. The van der Waals surface area contributed by atoms with Crippen LogP contribution in [0.2, 0.25) is 5.02 Å². The van der Waals surface area contributed by atoms with Gasteiger partial charge in [-0.2, -0.15) is 0 Å². The largest absolute Gasteiger partial charge is 0.372 e. The third-order valence-corrected chi connectivity index (χ3v) is 4.77. The van der Waals surface area contributed by atoms with Gasteiger partial charge in [-0.1, -0.05) is 11.6 Å². The van der Waals surface area contributed by atoms with Gasteiger partial charge < -0.3 is 26.0 Å². The standard InChI is InChI=1S/C20H22ClFN4O3/c1-11-9-26(10-12(2)29-11)18-6-4-14(8-17(18)22)25-20(28)24-13-3-5-15(19(23)27)16(21)7-13/h3-8,11-12H,9-10H2,1-2H3,(H2,23,27)(H2,24,25,28). The summed E-state index contributed by atoms with van der Waals surface area (Å²) < 4.78 is 20.3. The Morgan fingerprint density at radius 3 is 2.24 bits per heavy atom. The molecule has 154 valence electrons. The Morgan fingerprint density at radius 2 is 1.69 bits per heavy atom. The van der Waals surface area contributed by atoms with Crippen LogP contribution in [0.4, 0.5) is 26.2 Å². The van der Waals surface area contributed by atoms with Crippen molar-refractivity contribution in [1.82, 2.24) is 0 Å². The fraction of sp³-hybridized carbons (Fsp3) is 0.300. The summed E-state index contributed by atoms with van der Waals surface area (Å²) in [6.07, 6.45) is 0.0176. The molecule has 3 rings (SSSR count). The van der Waals surface area contributed by atoms with Gasteiger partial charge in [0.05, 0.1) is 28.5 Å². The molecule has 7 nitrogen and oxygen atoms in total. The number of hydrogen-bond acceptors (Lipinski definition) is 4. The molecule has 1 fully saturated rings. The monoisotopic (exact) mass is 420 g/mol. The number of rotatable bonds is 4. The number of amides is 3. The first-order valence-electron chi connectivity index (χ1n) is 9.10. The van der Waals surface area contributed by atoms with Crippen molar-refractivity contribution in [1.29, 1.82) is 0 Å². The predicted molar refractivity (Wildman–Crippen MR) is 111 cm³/mol. The fourth-order valence-electron chi connectivity index (χ4n) is 3.30. The van der Waals surface area contributed by atoms with Gasteiger partial charge in [0.1, 0.15) is 5.82 Å². The summed E-state index contributed by atoms with van der Waals surface area (Å²) in [5.41, 5.74) is 6.48. The van der Waals surface area contributed by atoms with Gasteiger partial charge in [-0.25, -0.2) is 9.18 Å². The SMILES string of the molecule is CC1CN(c2ccc(NC(=O)Nc3ccc(C(N)=O)c(Cl)c3)cc2F)CC(C)O1. The molecule has 2 aromatic carbocycles. The second kappa shape index (κ2) is 8.67. The van der Waals surface area contributed by atoms with Crippen molar-refractivity contribution in [3.8, 4) is 0 Å². The van der Waals surface area contributed by atoms with Crippen LogP contribution in [-0.4, -0.2) is 37.2 Å². The Balaban J connectivity index is 1.66. The van der Waals surface area contributed by atoms with E-state index in [2.05, 4.69) is 10.6 Å². The van der Waals surface area contributed by atoms with Crippen LogP contribution >= 0.6 is 11.6 Å². The highest BCUT2D eigenvalue weighted by atomic mass is 35.5. The number of ether oxygens (including phenoxy) is 1. The number of primary amides is 1. The van der Waals surface area contributed by atoms with Crippen LogP contribution in [0.25, 0.3) is 0 Å². The number of nitrogens with two attached hydrogens (primary N) is 1. The minimum atomic E-state index is -0.661. The maximum Gasteiger partial charge on any atom is 0.323 e. The Kier molecular flexibility index (Phi) is 6.24. The molecular weight excluding hydrogens is 399 g/mol. The van der Waals surface area contributed by atoms with E-state index >= 15 is 0 Å². The Hall–Kier alpha value is -2.84. The van der Waals surface area contributed by atoms with Crippen LogP contribution in [0.1, 0.15) is 24.2 Å². The van der Waals surface area contributed by atoms with Crippen LogP contribution < -0.4 is 21.3 Å². The second-order valence-corrected chi connectivity index (χ2v) is 7.37. The first-order chi connectivity index (χ1) is 13.7. The van der Waals surface area contributed by atoms with Crippen LogP contribution in [0.3, 0.4) is 0 Å². The number of benzene rings is 2. The van der Waals surface area contributed by atoms with E-state index in [1.54, 1.807) is 12.1 Å². The number of hydrogen-bond donors (Lipinski definition) is 3. The molecule has 2 unspecified atom stereocenters. The van der Waals surface area contributed by atoms with Gasteiger partial charge in [-0.3, -0.25) is 4.79 Å². The van der Waals surface area contributed by atoms with E-state index in [-0.39, 0.29) is 22.8 Å². The zero-order valence-electron chi connectivity index (χ0n) is 16.0. The topological polar surface area (TPSA) is 96.7 Å². The van der Waals surface area contributed by atoms with Crippen molar-refractivity contribution in [3.63, 3.8) is 0 Å². The third kappa shape index (κ3) is 5.16. The van der Waals surface area contributed by atoms with Crippen molar-refractivity contribution in [3.05, 3.63) is 52.8 Å². The van der Waals surface area contributed by atoms with E-state index in [0.29, 0.717) is 30.2 Å². The quantitative estimate of drug-likeness (QED) is 0.700. The first-order valence-corrected chi connectivity index (χ1v) is 9.48. The van der Waals surface area contributed by atoms with Gasteiger partial charge in [-0.05, 0) is 50.2 Å². The molecule has 29 heavy (non-hydrogen) atoms. The molecule has 0 radical (unpaired) electrons. The third-order valence-electron chi connectivity index (χ3n) is 4.46. The van der Waals surface area contributed by atoms with Crippen molar-refractivity contribution >= 4 is 40.6 Å². The van der Waals surface area contributed by atoms with Crippen LogP contribution in [0.15, 0.2) is 36.4 Å². The zero-order valence-corrected chi connectivity index (χ0v) is 16.8. The molecule has 9 heteroatoms. The molecule has 0 bridgehead atoms. The van der Waals surface area contributed by atoms with Gasteiger partial charge in [0.25, 0.3) is 0 Å². The smallest absolute Gasteiger partial charge is 0.323 e. The van der Waals surface area contributed by atoms with Crippen LogP contribution in [0.5, 0.6) is 0 Å². The molecule has 4 N–H and O–H groups in total. The van der Waals surface area contributed by atoms with Gasteiger partial charge in [0, 0.05) is 24.5 Å². The molecule has 0 aliphatic carbocycles. The van der Waals surface area contributed by atoms with Gasteiger partial charge in [0.2, 0.25) is 5.91 Å². The number of anilines is 3. The number of halogens is 2. The molecule has 1 saturated heterocycles.